The Bertz CT molecular complexity index is 692. The normalized spacial score (nSPS) is 10.8. The molecule has 5 nitrogen and oxygen atoms in total. The Morgan fingerprint density at radius 2 is 2.00 bits per heavy atom. The number of halogens is 1. The van der Waals surface area contributed by atoms with Crippen molar-refractivity contribution in [2.24, 2.45) is 0 Å². The summed E-state index contributed by atoms with van der Waals surface area (Å²) in [5.74, 6) is 0.845. The first-order chi connectivity index (χ1) is 8.81. The molecule has 90 valence electrons. The van der Waals surface area contributed by atoms with Crippen LogP contribution in [0, 0.1) is 3.57 Å². The highest BCUT2D eigenvalue weighted by Gasteiger charge is 2.13. The highest BCUT2D eigenvalue weighted by atomic mass is 127. The molecule has 0 aliphatic heterocycles. The number of nitrogens with zero attached hydrogens (tertiary/aromatic N) is 4. The van der Waals surface area contributed by atoms with E-state index < -0.39 is 0 Å². The van der Waals surface area contributed by atoms with Gasteiger partial charge in [-0.25, -0.2) is 9.97 Å². The molecule has 0 atom stereocenters. The third kappa shape index (κ3) is 1.72. The topological polar surface area (TPSA) is 55.6 Å². The molecule has 0 spiro atoms. The average Bonchev–Trinajstić information content (AvgIpc) is 2.77. The summed E-state index contributed by atoms with van der Waals surface area (Å²) in [6.45, 7) is 0. The van der Waals surface area contributed by atoms with Crippen molar-refractivity contribution in [3.63, 3.8) is 0 Å². The van der Waals surface area contributed by atoms with Crippen LogP contribution in [0.15, 0.2) is 37.1 Å². The number of pyridine rings is 1. The number of nitrogens with one attached hydrogen (secondary N) is 1. The van der Waals surface area contributed by atoms with Crippen LogP contribution in [0.2, 0.25) is 0 Å². The lowest BCUT2D eigenvalue weighted by Crippen LogP contribution is -1.97. The van der Waals surface area contributed by atoms with E-state index in [2.05, 4.69) is 49.1 Å². The van der Waals surface area contributed by atoms with Gasteiger partial charge in [-0.15, -0.1) is 0 Å². The lowest BCUT2D eigenvalue weighted by molar-refractivity contribution is 1.06. The molecular formula is C12H10IN5. The Hall–Kier alpha value is -1.70. The maximum atomic E-state index is 4.37. The molecule has 0 fully saturated rings. The Balaban J connectivity index is 2.33. The summed E-state index contributed by atoms with van der Waals surface area (Å²) in [4.78, 5) is 12.6. The van der Waals surface area contributed by atoms with Crippen LogP contribution in [0.4, 0.5) is 5.82 Å². The van der Waals surface area contributed by atoms with Crippen LogP contribution in [-0.4, -0.2) is 26.6 Å². The van der Waals surface area contributed by atoms with Gasteiger partial charge in [-0.3, -0.25) is 9.55 Å². The van der Waals surface area contributed by atoms with Crippen LogP contribution in [0.3, 0.4) is 0 Å². The minimum atomic E-state index is 0.845. The van der Waals surface area contributed by atoms with Crippen LogP contribution >= 0.6 is 22.6 Å². The van der Waals surface area contributed by atoms with E-state index in [0.29, 0.717) is 0 Å². The van der Waals surface area contributed by atoms with Crippen molar-refractivity contribution in [1.29, 1.82) is 0 Å². The fraction of sp³-hybridized carbons (Fsp3) is 0.0833. The summed E-state index contributed by atoms with van der Waals surface area (Å²) < 4.78 is 3.16. The molecule has 0 unspecified atom stereocenters. The molecule has 0 saturated heterocycles. The van der Waals surface area contributed by atoms with Crippen LogP contribution in [0.5, 0.6) is 0 Å². The molecule has 0 amide bonds. The lowest BCUT2D eigenvalue weighted by atomic mass is 10.3. The predicted octanol–water partition coefficient (Wildman–Crippen LogP) is 2.46. The fourth-order valence-electron chi connectivity index (χ4n) is 1.91. The van der Waals surface area contributed by atoms with E-state index in [9.17, 15) is 0 Å². The summed E-state index contributed by atoms with van der Waals surface area (Å²) in [6.07, 6.45) is 7.17. The first-order valence-corrected chi connectivity index (χ1v) is 6.49. The molecular weight excluding hydrogens is 341 g/mol. The Morgan fingerprint density at radius 1 is 1.22 bits per heavy atom. The van der Waals surface area contributed by atoms with E-state index >= 15 is 0 Å². The number of hydrogen-bond donors (Lipinski definition) is 1. The van der Waals surface area contributed by atoms with Crippen molar-refractivity contribution in [1.82, 2.24) is 19.5 Å². The van der Waals surface area contributed by atoms with Crippen LogP contribution < -0.4 is 5.32 Å². The van der Waals surface area contributed by atoms with E-state index in [1.807, 2.05) is 23.7 Å². The van der Waals surface area contributed by atoms with Crippen molar-refractivity contribution < 1.29 is 0 Å². The molecule has 18 heavy (non-hydrogen) atoms. The van der Waals surface area contributed by atoms with E-state index in [1.54, 1.807) is 18.7 Å². The first kappa shape index (κ1) is 11.4. The van der Waals surface area contributed by atoms with Gasteiger partial charge in [-0.2, -0.15) is 0 Å². The zero-order chi connectivity index (χ0) is 12.5. The van der Waals surface area contributed by atoms with Gasteiger partial charge >= 0.3 is 0 Å². The van der Waals surface area contributed by atoms with Crippen molar-refractivity contribution in [2.45, 2.75) is 0 Å². The summed E-state index contributed by atoms with van der Waals surface area (Å²) >= 11 is 2.30. The lowest BCUT2D eigenvalue weighted by Gasteiger charge is -2.04. The van der Waals surface area contributed by atoms with Gasteiger partial charge in [0.1, 0.15) is 12.1 Å². The highest BCUT2D eigenvalue weighted by molar-refractivity contribution is 14.1. The maximum absolute atomic E-state index is 4.37. The smallest absolute Gasteiger partial charge is 0.151 e. The molecule has 0 aromatic carbocycles. The Labute approximate surface area is 117 Å². The third-order valence-electron chi connectivity index (χ3n) is 2.71. The molecule has 3 heterocycles. The molecule has 0 aliphatic carbocycles. The molecule has 3 rings (SSSR count). The number of aromatic nitrogens is 4. The minimum absolute atomic E-state index is 0.845. The van der Waals surface area contributed by atoms with Gasteiger partial charge in [0, 0.05) is 29.2 Å². The zero-order valence-corrected chi connectivity index (χ0v) is 11.8. The number of rotatable bonds is 2. The predicted molar refractivity (Wildman–Crippen MR) is 78.9 cm³/mol. The summed E-state index contributed by atoms with van der Waals surface area (Å²) in [7, 11) is 1.86. The van der Waals surface area contributed by atoms with E-state index in [4.69, 9.17) is 0 Å². The van der Waals surface area contributed by atoms with Gasteiger partial charge in [0.25, 0.3) is 0 Å². The monoisotopic (exact) mass is 351 g/mol. The van der Waals surface area contributed by atoms with E-state index in [-0.39, 0.29) is 0 Å². The molecule has 3 aromatic rings. The highest BCUT2D eigenvalue weighted by Crippen LogP contribution is 2.28. The number of hydrogen-bond acceptors (Lipinski definition) is 4. The second kappa shape index (κ2) is 4.52. The largest absolute Gasteiger partial charge is 0.372 e. The SMILES string of the molecule is CNc1ncnc2c1c(I)cn2-c1ccncc1. The quantitative estimate of drug-likeness (QED) is 0.721. The Kier molecular flexibility index (Phi) is 2.86. The molecule has 0 saturated carbocycles. The zero-order valence-electron chi connectivity index (χ0n) is 9.63. The molecule has 6 heteroatoms. The van der Waals surface area contributed by atoms with Crippen LogP contribution in [0.25, 0.3) is 16.7 Å². The van der Waals surface area contributed by atoms with Crippen molar-refractivity contribution >= 4 is 39.4 Å². The standard InChI is InChI=1S/C12H10IN5/c1-14-11-10-9(13)6-18(12(10)17-7-16-11)8-2-4-15-5-3-8/h2-7H,1H3,(H,14,16,17). The van der Waals surface area contributed by atoms with Crippen molar-refractivity contribution in [3.05, 3.63) is 40.6 Å². The molecule has 3 aromatic heterocycles. The van der Waals surface area contributed by atoms with Gasteiger partial charge in [0.15, 0.2) is 5.65 Å². The average molecular weight is 351 g/mol. The van der Waals surface area contributed by atoms with Crippen molar-refractivity contribution in [3.8, 4) is 5.69 Å². The van der Waals surface area contributed by atoms with Gasteiger partial charge in [-0.1, -0.05) is 0 Å². The summed E-state index contributed by atoms with van der Waals surface area (Å²) in [5, 5.41) is 4.13. The van der Waals surface area contributed by atoms with Crippen molar-refractivity contribution in [2.75, 3.05) is 12.4 Å². The third-order valence-corrected chi connectivity index (χ3v) is 3.53. The minimum Gasteiger partial charge on any atom is -0.372 e. The second-order valence-electron chi connectivity index (χ2n) is 3.72. The van der Waals surface area contributed by atoms with Gasteiger partial charge < -0.3 is 5.32 Å². The maximum Gasteiger partial charge on any atom is 0.151 e. The Morgan fingerprint density at radius 3 is 2.72 bits per heavy atom. The summed E-state index contributed by atoms with van der Waals surface area (Å²) in [5.41, 5.74) is 1.93. The van der Waals surface area contributed by atoms with E-state index in [1.165, 1.54) is 0 Å². The molecule has 0 aliphatic rings. The van der Waals surface area contributed by atoms with Gasteiger partial charge in [0.2, 0.25) is 0 Å². The number of fused-ring (bicyclic) bond motifs is 1. The van der Waals surface area contributed by atoms with Gasteiger partial charge in [0.05, 0.1) is 11.1 Å². The number of anilines is 1. The van der Waals surface area contributed by atoms with Crippen LogP contribution in [0.1, 0.15) is 0 Å². The summed E-state index contributed by atoms with van der Waals surface area (Å²) in [6, 6.07) is 3.91. The van der Waals surface area contributed by atoms with E-state index in [0.717, 1.165) is 26.1 Å². The fourth-order valence-corrected chi connectivity index (χ4v) is 2.68. The molecule has 0 radical (unpaired) electrons. The first-order valence-electron chi connectivity index (χ1n) is 5.41. The van der Waals surface area contributed by atoms with Crippen LogP contribution in [-0.2, 0) is 0 Å². The van der Waals surface area contributed by atoms with Gasteiger partial charge in [-0.05, 0) is 34.7 Å². The second-order valence-corrected chi connectivity index (χ2v) is 4.89. The molecule has 1 N–H and O–H groups in total. The molecule has 0 bridgehead atoms.